The van der Waals surface area contributed by atoms with Crippen molar-refractivity contribution in [2.75, 3.05) is 19.5 Å². The molecule has 2 N–H and O–H groups in total. The van der Waals surface area contributed by atoms with Crippen molar-refractivity contribution in [2.24, 2.45) is 5.73 Å². The van der Waals surface area contributed by atoms with Gasteiger partial charge >= 0.3 is 5.97 Å². The smallest absolute Gasteiger partial charge is 0.322 e. The second kappa shape index (κ2) is 6.26. The summed E-state index contributed by atoms with van der Waals surface area (Å²) < 4.78 is 10.5. The van der Waals surface area contributed by atoms with Crippen LogP contribution >= 0.6 is 11.8 Å². The Labute approximate surface area is 113 Å². The zero-order chi connectivity index (χ0) is 13.0. The lowest BCUT2D eigenvalue weighted by Crippen LogP contribution is -2.46. The van der Waals surface area contributed by atoms with Crippen molar-refractivity contribution >= 4 is 17.7 Å². The van der Waals surface area contributed by atoms with Gasteiger partial charge in [0.1, 0.15) is 6.04 Å². The minimum atomic E-state index is -0.472. The third-order valence-electron chi connectivity index (χ3n) is 4.00. The third-order valence-corrected chi connectivity index (χ3v) is 5.34. The Morgan fingerprint density at radius 2 is 2.39 bits per heavy atom. The molecule has 0 bridgehead atoms. The van der Waals surface area contributed by atoms with Crippen LogP contribution in [0.15, 0.2) is 0 Å². The molecule has 0 radical (unpaired) electrons. The number of nitrogens with two attached hydrogens (primary N) is 1. The largest absolute Gasteiger partial charge is 0.468 e. The van der Waals surface area contributed by atoms with Gasteiger partial charge in [-0.1, -0.05) is 0 Å². The van der Waals surface area contributed by atoms with Crippen LogP contribution in [0.3, 0.4) is 0 Å². The summed E-state index contributed by atoms with van der Waals surface area (Å²) >= 11 is 1.94. The molecule has 1 saturated heterocycles. The van der Waals surface area contributed by atoms with E-state index in [-0.39, 0.29) is 11.6 Å². The number of thioether (sulfide) groups is 1. The predicted octanol–water partition coefficient (Wildman–Crippen LogP) is 1.71. The van der Waals surface area contributed by atoms with Crippen molar-refractivity contribution in [3.05, 3.63) is 0 Å². The summed E-state index contributed by atoms with van der Waals surface area (Å²) in [6.07, 6.45) is 6.76. The van der Waals surface area contributed by atoms with Crippen molar-refractivity contribution in [1.82, 2.24) is 0 Å². The fraction of sp³-hybridized carbons (Fsp3) is 0.923. The number of hydrogen-bond donors (Lipinski definition) is 1. The molecule has 2 rings (SSSR count). The summed E-state index contributed by atoms with van der Waals surface area (Å²) in [5.74, 6) is 0.620. The van der Waals surface area contributed by atoms with E-state index in [4.69, 9.17) is 10.5 Å². The van der Waals surface area contributed by atoms with Crippen LogP contribution < -0.4 is 5.73 Å². The van der Waals surface area contributed by atoms with Gasteiger partial charge in [-0.3, -0.25) is 4.79 Å². The normalized spacial score (nSPS) is 27.6. The first-order chi connectivity index (χ1) is 8.65. The maximum absolute atomic E-state index is 11.2. The van der Waals surface area contributed by atoms with Crippen LogP contribution in [0.4, 0.5) is 0 Å². The lowest BCUT2D eigenvalue weighted by molar-refractivity contribution is -0.142. The SMILES string of the molecule is COC(=O)C(N)CCSC1CCOC2(CCC2)C1. The number of methoxy groups -OCH3 is 1. The van der Waals surface area contributed by atoms with Gasteiger partial charge < -0.3 is 15.2 Å². The van der Waals surface area contributed by atoms with E-state index in [0.29, 0.717) is 11.7 Å². The van der Waals surface area contributed by atoms with Crippen molar-refractivity contribution < 1.29 is 14.3 Å². The minimum absolute atomic E-state index is 0.209. The van der Waals surface area contributed by atoms with E-state index in [1.165, 1.54) is 32.8 Å². The Bertz CT molecular complexity index is 294. The van der Waals surface area contributed by atoms with Gasteiger partial charge in [0.05, 0.1) is 12.7 Å². The highest BCUT2D eigenvalue weighted by Gasteiger charge is 2.42. The molecule has 1 saturated carbocycles. The highest BCUT2D eigenvalue weighted by atomic mass is 32.2. The number of ether oxygens (including phenoxy) is 2. The van der Waals surface area contributed by atoms with E-state index in [1.807, 2.05) is 11.8 Å². The molecule has 104 valence electrons. The van der Waals surface area contributed by atoms with Crippen molar-refractivity contribution in [3.63, 3.8) is 0 Å². The third kappa shape index (κ3) is 3.39. The molecular formula is C13H23NO3S. The molecule has 2 atom stereocenters. The van der Waals surface area contributed by atoms with Crippen molar-refractivity contribution in [3.8, 4) is 0 Å². The Morgan fingerprint density at radius 1 is 1.61 bits per heavy atom. The number of carbonyl (C=O) groups is 1. The Kier molecular flexibility index (Phi) is 4.92. The van der Waals surface area contributed by atoms with Gasteiger partial charge in [0, 0.05) is 11.9 Å². The zero-order valence-electron chi connectivity index (χ0n) is 11.0. The van der Waals surface area contributed by atoms with Crippen LogP contribution in [0.5, 0.6) is 0 Å². The van der Waals surface area contributed by atoms with Crippen molar-refractivity contribution in [1.29, 1.82) is 0 Å². The molecule has 1 spiro atoms. The predicted molar refractivity (Wildman–Crippen MR) is 72.6 cm³/mol. The van der Waals surface area contributed by atoms with Crippen molar-refractivity contribution in [2.45, 2.75) is 55.4 Å². The molecule has 4 nitrogen and oxygen atoms in total. The quantitative estimate of drug-likeness (QED) is 0.773. The summed E-state index contributed by atoms with van der Waals surface area (Å²) in [6.45, 7) is 0.890. The van der Waals surface area contributed by atoms with Crippen LogP contribution in [-0.4, -0.2) is 42.3 Å². The van der Waals surface area contributed by atoms with Gasteiger partial charge in [-0.2, -0.15) is 11.8 Å². The highest BCUT2D eigenvalue weighted by molar-refractivity contribution is 7.99. The summed E-state index contributed by atoms with van der Waals surface area (Å²) in [7, 11) is 1.38. The van der Waals surface area contributed by atoms with E-state index >= 15 is 0 Å². The molecule has 1 aliphatic carbocycles. The molecule has 0 aromatic carbocycles. The van der Waals surface area contributed by atoms with Crippen LogP contribution in [0, 0.1) is 0 Å². The molecule has 1 aliphatic heterocycles. The zero-order valence-corrected chi connectivity index (χ0v) is 11.8. The van der Waals surface area contributed by atoms with Crippen LogP contribution in [0.2, 0.25) is 0 Å². The first kappa shape index (κ1) is 14.2. The first-order valence-electron chi connectivity index (χ1n) is 6.74. The molecule has 0 aromatic rings. The molecule has 2 aliphatic rings. The fourth-order valence-corrected chi connectivity index (χ4v) is 4.08. The monoisotopic (exact) mass is 273 g/mol. The van der Waals surface area contributed by atoms with Gasteiger partial charge in [0.15, 0.2) is 0 Å². The highest BCUT2D eigenvalue weighted by Crippen LogP contribution is 2.45. The maximum Gasteiger partial charge on any atom is 0.322 e. The van der Waals surface area contributed by atoms with Crippen LogP contribution in [0.1, 0.15) is 38.5 Å². The van der Waals surface area contributed by atoms with Crippen LogP contribution in [-0.2, 0) is 14.3 Å². The van der Waals surface area contributed by atoms with E-state index in [9.17, 15) is 4.79 Å². The fourth-order valence-electron chi connectivity index (χ4n) is 2.68. The number of carbonyl (C=O) groups excluding carboxylic acids is 1. The molecule has 0 amide bonds. The van der Waals surface area contributed by atoms with Gasteiger partial charge in [-0.25, -0.2) is 0 Å². The Balaban J connectivity index is 1.66. The van der Waals surface area contributed by atoms with Crippen LogP contribution in [0.25, 0.3) is 0 Å². The molecule has 0 aromatic heterocycles. The first-order valence-corrected chi connectivity index (χ1v) is 7.79. The Hall–Kier alpha value is -0.260. The maximum atomic E-state index is 11.2. The molecular weight excluding hydrogens is 250 g/mol. The minimum Gasteiger partial charge on any atom is -0.468 e. The van der Waals surface area contributed by atoms with E-state index in [2.05, 4.69) is 4.74 Å². The standard InChI is InChI=1S/C13H23NO3S/c1-16-12(15)11(14)4-8-18-10-3-7-17-13(9-10)5-2-6-13/h10-11H,2-9,14H2,1H3. The van der Waals surface area contributed by atoms with Gasteiger partial charge in [0.25, 0.3) is 0 Å². The summed E-state index contributed by atoms with van der Waals surface area (Å²) in [5, 5.41) is 0.670. The lowest BCUT2D eigenvalue weighted by Gasteiger charge is -2.47. The van der Waals surface area contributed by atoms with E-state index in [1.54, 1.807) is 0 Å². The summed E-state index contributed by atoms with van der Waals surface area (Å²) in [4.78, 5) is 11.2. The summed E-state index contributed by atoms with van der Waals surface area (Å²) in [6, 6.07) is -0.472. The van der Waals surface area contributed by atoms with E-state index in [0.717, 1.165) is 18.8 Å². The Morgan fingerprint density at radius 3 is 3.00 bits per heavy atom. The average Bonchev–Trinajstić information content (AvgIpc) is 2.36. The summed E-state index contributed by atoms with van der Waals surface area (Å²) in [5.41, 5.74) is 5.93. The van der Waals surface area contributed by atoms with Gasteiger partial charge in [-0.15, -0.1) is 0 Å². The second-order valence-electron chi connectivity index (χ2n) is 5.29. The molecule has 5 heteroatoms. The molecule has 1 heterocycles. The van der Waals surface area contributed by atoms with Gasteiger partial charge in [0.2, 0.25) is 0 Å². The topological polar surface area (TPSA) is 61.5 Å². The average molecular weight is 273 g/mol. The molecule has 2 fully saturated rings. The molecule has 2 unspecified atom stereocenters. The molecule has 18 heavy (non-hydrogen) atoms. The number of hydrogen-bond acceptors (Lipinski definition) is 5. The number of rotatable bonds is 5. The van der Waals surface area contributed by atoms with E-state index < -0.39 is 6.04 Å². The number of esters is 1. The lowest BCUT2D eigenvalue weighted by atomic mass is 9.75. The van der Waals surface area contributed by atoms with Gasteiger partial charge in [-0.05, 0) is 44.3 Å². The second-order valence-corrected chi connectivity index (χ2v) is 6.70.